The van der Waals surface area contributed by atoms with Crippen molar-refractivity contribution in [1.29, 1.82) is 0 Å². The molecule has 19 heavy (non-hydrogen) atoms. The highest BCUT2D eigenvalue weighted by Crippen LogP contribution is 2.27. The Hall–Kier alpha value is -2.14. The molecule has 0 saturated heterocycles. The van der Waals surface area contributed by atoms with E-state index in [0.29, 0.717) is 10.9 Å². The van der Waals surface area contributed by atoms with Crippen molar-refractivity contribution in [3.05, 3.63) is 46.9 Å². The lowest BCUT2D eigenvalue weighted by molar-refractivity contribution is 0.0694. The third-order valence-electron chi connectivity index (χ3n) is 2.45. The van der Waals surface area contributed by atoms with Crippen LogP contribution in [0.25, 0.3) is 0 Å². The first-order valence-electron chi connectivity index (χ1n) is 5.61. The molecule has 0 fully saturated rings. The molecule has 0 bridgehead atoms. The Labute approximate surface area is 114 Å². The number of aromatic carboxylic acids is 1. The lowest BCUT2D eigenvalue weighted by Crippen LogP contribution is -2.01. The van der Waals surface area contributed by atoms with Crippen molar-refractivity contribution in [1.82, 2.24) is 9.97 Å². The number of rotatable bonds is 4. The number of benzene rings is 1. The summed E-state index contributed by atoms with van der Waals surface area (Å²) in [6.45, 7) is 1.96. The molecular weight excluding hydrogens is 268 g/mol. The maximum atomic E-state index is 11.1. The molecule has 1 heterocycles. The molecule has 0 aliphatic heterocycles. The minimum atomic E-state index is -1.11. The van der Waals surface area contributed by atoms with Gasteiger partial charge < -0.3 is 9.84 Å². The number of carboxylic acid groups (broad SMARTS) is 1. The molecule has 1 aromatic carbocycles. The number of halogens is 1. The van der Waals surface area contributed by atoms with Crippen LogP contribution in [0.5, 0.6) is 11.6 Å². The SMILES string of the molecule is CCc1cc(Oc2ccc(Cl)cc2C(=O)O)ncn1. The van der Waals surface area contributed by atoms with E-state index in [2.05, 4.69) is 9.97 Å². The van der Waals surface area contributed by atoms with Gasteiger partial charge in [-0.2, -0.15) is 0 Å². The molecule has 0 spiro atoms. The van der Waals surface area contributed by atoms with Gasteiger partial charge in [-0.3, -0.25) is 0 Å². The van der Waals surface area contributed by atoms with Crippen LogP contribution in [0.4, 0.5) is 0 Å². The van der Waals surface area contributed by atoms with Gasteiger partial charge in [0, 0.05) is 16.8 Å². The van der Waals surface area contributed by atoms with Crippen LogP contribution in [-0.2, 0) is 6.42 Å². The van der Waals surface area contributed by atoms with Crippen LogP contribution >= 0.6 is 11.6 Å². The van der Waals surface area contributed by atoms with Gasteiger partial charge in [0.2, 0.25) is 5.88 Å². The lowest BCUT2D eigenvalue weighted by Gasteiger charge is -2.08. The molecule has 0 amide bonds. The van der Waals surface area contributed by atoms with Gasteiger partial charge in [0.15, 0.2) is 0 Å². The van der Waals surface area contributed by atoms with Crippen molar-refractivity contribution in [2.45, 2.75) is 13.3 Å². The van der Waals surface area contributed by atoms with E-state index in [1.165, 1.54) is 18.5 Å². The predicted octanol–water partition coefficient (Wildman–Crippen LogP) is 3.18. The predicted molar refractivity (Wildman–Crippen MR) is 69.9 cm³/mol. The van der Waals surface area contributed by atoms with E-state index in [-0.39, 0.29) is 11.3 Å². The van der Waals surface area contributed by atoms with Crippen molar-refractivity contribution in [3.8, 4) is 11.6 Å². The normalized spacial score (nSPS) is 10.2. The summed E-state index contributed by atoms with van der Waals surface area (Å²) in [6, 6.07) is 6.06. The van der Waals surface area contributed by atoms with Gasteiger partial charge >= 0.3 is 5.97 Å². The number of carbonyl (C=O) groups is 1. The van der Waals surface area contributed by atoms with E-state index in [1.807, 2.05) is 6.92 Å². The summed E-state index contributed by atoms with van der Waals surface area (Å²) in [4.78, 5) is 19.1. The van der Waals surface area contributed by atoms with Crippen LogP contribution in [0, 0.1) is 0 Å². The highest BCUT2D eigenvalue weighted by atomic mass is 35.5. The third-order valence-corrected chi connectivity index (χ3v) is 2.68. The zero-order valence-corrected chi connectivity index (χ0v) is 10.9. The van der Waals surface area contributed by atoms with Crippen molar-refractivity contribution in [3.63, 3.8) is 0 Å². The first-order valence-corrected chi connectivity index (χ1v) is 5.99. The molecule has 2 rings (SSSR count). The first-order chi connectivity index (χ1) is 9.10. The molecule has 1 N–H and O–H groups in total. The summed E-state index contributed by atoms with van der Waals surface area (Å²) in [6.07, 6.45) is 2.12. The first kappa shape index (κ1) is 13.3. The summed E-state index contributed by atoms with van der Waals surface area (Å²) < 4.78 is 5.48. The van der Waals surface area contributed by atoms with E-state index in [9.17, 15) is 4.79 Å². The quantitative estimate of drug-likeness (QED) is 0.930. The Kier molecular flexibility index (Phi) is 3.97. The lowest BCUT2D eigenvalue weighted by atomic mass is 10.2. The number of aromatic nitrogens is 2. The standard InChI is InChI=1S/C13H11ClN2O3/c1-2-9-6-12(16-7-15-9)19-11-4-3-8(14)5-10(11)13(17)18/h3-7H,2H2,1H3,(H,17,18). The number of ether oxygens (including phenoxy) is 1. The topological polar surface area (TPSA) is 72.3 Å². The van der Waals surface area contributed by atoms with E-state index in [1.54, 1.807) is 12.1 Å². The fourth-order valence-electron chi connectivity index (χ4n) is 1.50. The minimum Gasteiger partial charge on any atom is -0.478 e. The fourth-order valence-corrected chi connectivity index (χ4v) is 1.67. The second kappa shape index (κ2) is 5.67. The fraction of sp³-hybridized carbons (Fsp3) is 0.154. The largest absolute Gasteiger partial charge is 0.478 e. The smallest absolute Gasteiger partial charge is 0.339 e. The average Bonchev–Trinajstić information content (AvgIpc) is 2.41. The zero-order chi connectivity index (χ0) is 13.8. The van der Waals surface area contributed by atoms with E-state index in [0.717, 1.165) is 12.1 Å². The molecule has 0 aliphatic carbocycles. The molecule has 0 radical (unpaired) electrons. The van der Waals surface area contributed by atoms with Crippen LogP contribution < -0.4 is 4.74 Å². The Bertz CT molecular complexity index is 617. The third kappa shape index (κ3) is 3.20. The average molecular weight is 279 g/mol. The van der Waals surface area contributed by atoms with E-state index >= 15 is 0 Å². The Morgan fingerprint density at radius 3 is 2.84 bits per heavy atom. The Morgan fingerprint density at radius 1 is 1.37 bits per heavy atom. The summed E-state index contributed by atoms with van der Waals surface area (Å²) in [5.41, 5.74) is 0.806. The summed E-state index contributed by atoms with van der Waals surface area (Å²) in [5, 5.41) is 9.43. The van der Waals surface area contributed by atoms with Crippen LogP contribution in [-0.4, -0.2) is 21.0 Å². The number of nitrogens with zero attached hydrogens (tertiary/aromatic N) is 2. The summed E-state index contributed by atoms with van der Waals surface area (Å²) in [7, 11) is 0. The molecule has 2 aromatic rings. The van der Waals surface area contributed by atoms with Crippen LogP contribution in [0.15, 0.2) is 30.6 Å². The maximum absolute atomic E-state index is 11.1. The molecule has 6 heteroatoms. The molecule has 0 atom stereocenters. The monoisotopic (exact) mass is 278 g/mol. The number of aryl methyl sites for hydroxylation is 1. The number of carboxylic acids is 1. The van der Waals surface area contributed by atoms with Crippen LogP contribution in [0.3, 0.4) is 0 Å². The highest BCUT2D eigenvalue weighted by molar-refractivity contribution is 6.31. The maximum Gasteiger partial charge on any atom is 0.339 e. The van der Waals surface area contributed by atoms with Gasteiger partial charge in [0.05, 0.1) is 0 Å². The molecular formula is C13H11ClN2O3. The van der Waals surface area contributed by atoms with E-state index < -0.39 is 5.97 Å². The van der Waals surface area contributed by atoms with Crippen molar-refractivity contribution < 1.29 is 14.6 Å². The molecule has 98 valence electrons. The van der Waals surface area contributed by atoms with Crippen molar-refractivity contribution in [2.75, 3.05) is 0 Å². The van der Waals surface area contributed by atoms with Gasteiger partial charge in [0.1, 0.15) is 17.6 Å². The number of hydrogen-bond donors (Lipinski definition) is 1. The molecule has 5 nitrogen and oxygen atoms in total. The van der Waals surface area contributed by atoms with Gasteiger partial charge in [-0.25, -0.2) is 14.8 Å². The molecule has 0 unspecified atom stereocenters. The van der Waals surface area contributed by atoms with Gasteiger partial charge in [-0.15, -0.1) is 0 Å². The molecule has 1 aromatic heterocycles. The second-order valence-corrected chi connectivity index (χ2v) is 4.19. The van der Waals surface area contributed by atoms with Gasteiger partial charge in [-0.1, -0.05) is 18.5 Å². The van der Waals surface area contributed by atoms with Crippen molar-refractivity contribution >= 4 is 17.6 Å². The van der Waals surface area contributed by atoms with Gasteiger partial charge in [-0.05, 0) is 24.6 Å². The van der Waals surface area contributed by atoms with Crippen molar-refractivity contribution in [2.24, 2.45) is 0 Å². The minimum absolute atomic E-state index is 0.0100. The second-order valence-electron chi connectivity index (χ2n) is 3.75. The van der Waals surface area contributed by atoms with Crippen LogP contribution in [0.2, 0.25) is 5.02 Å². The van der Waals surface area contributed by atoms with Crippen LogP contribution in [0.1, 0.15) is 23.0 Å². The van der Waals surface area contributed by atoms with Gasteiger partial charge in [0.25, 0.3) is 0 Å². The zero-order valence-electron chi connectivity index (χ0n) is 10.1. The number of hydrogen-bond acceptors (Lipinski definition) is 4. The Balaban J connectivity index is 2.34. The highest BCUT2D eigenvalue weighted by Gasteiger charge is 2.13. The Morgan fingerprint density at radius 2 is 2.16 bits per heavy atom. The summed E-state index contributed by atoms with van der Waals surface area (Å²) >= 11 is 5.77. The molecule has 0 saturated carbocycles. The van der Waals surface area contributed by atoms with E-state index in [4.69, 9.17) is 21.4 Å². The summed E-state index contributed by atoms with van der Waals surface area (Å²) in [5.74, 6) is -0.614. The molecule has 0 aliphatic rings.